The molecule has 4 heteroatoms. The van der Waals surface area contributed by atoms with Crippen molar-refractivity contribution in [3.05, 3.63) is 23.4 Å². The summed E-state index contributed by atoms with van der Waals surface area (Å²) >= 11 is 0. The zero-order chi connectivity index (χ0) is 8.55. The standard InChI is InChI=1S/C8H8N2O2/c11-8(12)6-2-1-5-3-4-9-7(5)10-6/h1-2H,3-4H2,(H,9,10)(H,11,12). The first-order valence-electron chi connectivity index (χ1n) is 3.74. The summed E-state index contributed by atoms with van der Waals surface area (Å²) in [6.07, 6.45) is 0.933. The molecule has 0 saturated heterocycles. The van der Waals surface area contributed by atoms with Crippen LogP contribution in [-0.4, -0.2) is 22.6 Å². The predicted molar refractivity (Wildman–Crippen MR) is 43.4 cm³/mol. The van der Waals surface area contributed by atoms with Gasteiger partial charge in [0.25, 0.3) is 0 Å². The van der Waals surface area contributed by atoms with Crippen molar-refractivity contribution in [3.63, 3.8) is 0 Å². The van der Waals surface area contributed by atoms with E-state index in [0.717, 1.165) is 24.3 Å². The van der Waals surface area contributed by atoms with Gasteiger partial charge in [-0.1, -0.05) is 6.07 Å². The Hall–Kier alpha value is -1.58. The summed E-state index contributed by atoms with van der Waals surface area (Å²) in [5.41, 5.74) is 1.20. The Labute approximate surface area is 69.2 Å². The molecule has 2 rings (SSSR count). The number of carbonyl (C=O) groups is 1. The van der Waals surface area contributed by atoms with E-state index in [0.29, 0.717) is 0 Å². The molecule has 0 unspecified atom stereocenters. The number of carboxylic acid groups (broad SMARTS) is 1. The van der Waals surface area contributed by atoms with E-state index < -0.39 is 5.97 Å². The number of rotatable bonds is 1. The lowest BCUT2D eigenvalue weighted by atomic mass is 10.2. The fraction of sp³-hybridized carbons (Fsp3) is 0.250. The van der Waals surface area contributed by atoms with Gasteiger partial charge in [0.05, 0.1) is 0 Å². The Morgan fingerprint density at radius 2 is 2.42 bits per heavy atom. The quantitative estimate of drug-likeness (QED) is 0.642. The van der Waals surface area contributed by atoms with Crippen LogP contribution < -0.4 is 5.32 Å². The minimum absolute atomic E-state index is 0.100. The van der Waals surface area contributed by atoms with Gasteiger partial charge in [-0.25, -0.2) is 9.78 Å². The molecule has 0 bridgehead atoms. The number of anilines is 1. The van der Waals surface area contributed by atoms with E-state index in [9.17, 15) is 4.79 Å². The van der Waals surface area contributed by atoms with Gasteiger partial charge in [-0.3, -0.25) is 0 Å². The Bertz CT molecular complexity index is 336. The van der Waals surface area contributed by atoms with Crippen LogP contribution in [0.4, 0.5) is 5.82 Å². The van der Waals surface area contributed by atoms with Crippen LogP contribution in [0.25, 0.3) is 0 Å². The first-order valence-corrected chi connectivity index (χ1v) is 3.74. The van der Waals surface area contributed by atoms with Crippen molar-refractivity contribution < 1.29 is 9.90 Å². The monoisotopic (exact) mass is 164 g/mol. The molecule has 4 nitrogen and oxygen atoms in total. The van der Waals surface area contributed by atoms with Gasteiger partial charge in [0, 0.05) is 6.54 Å². The minimum Gasteiger partial charge on any atom is -0.477 e. The molecule has 1 aliphatic heterocycles. The van der Waals surface area contributed by atoms with Crippen molar-refractivity contribution >= 4 is 11.8 Å². The third-order valence-corrected chi connectivity index (χ3v) is 1.88. The Morgan fingerprint density at radius 3 is 3.17 bits per heavy atom. The van der Waals surface area contributed by atoms with Gasteiger partial charge >= 0.3 is 5.97 Å². The largest absolute Gasteiger partial charge is 0.477 e. The van der Waals surface area contributed by atoms with Gasteiger partial charge in [0.1, 0.15) is 5.82 Å². The molecule has 0 saturated carbocycles. The van der Waals surface area contributed by atoms with Gasteiger partial charge in [0.2, 0.25) is 0 Å². The number of aromatic carboxylic acids is 1. The maximum absolute atomic E-state index is 10.5. The van der Waals surface area contributed by atoms with Crippen molar-refractivity contribution in [1.82, 2.24) is 4.98 Å². The van der Waals surface area contributed by atoms with Crippen LogP contribution >= 0.6 is 0 Å². The van der Waals surface area contributed by atoms with E-state index in [-0.39, 0.29) is 5.69 Å². The molecule has 62 valence electrons. The highest BCUT2D eigenvalue weighted by Crippen LogP contribution is 2.19. The molecule has 0 atom stereocenters. The van der Waals surface area contributed by atoms with Crippen LogP contribution in [0, 0.1) is 0 Å². The molecule has 0 fully saturated rings. The van der Waals surface area contributed by atoms with Crippen molar-refractivity contribution in [2.75, 3.05) is 11.9 Å². The third-order valence-electron chi connectivity index (χ3n) is 1.88. The number of hydrogen-bond acceptors (Lipinski definition) is 3. The Morgan fingerprint density at radius 1 is 1.58 bits per heavy atom. The van der Waals surface area contributed by atoms with Crippen LogP contribution in [0.1, 0.15) is 16.1 Å². The molecular weight excluding hydrogens is 156 g/mol. The lowest BCUT2D eigenvalue weighted by Gasteiger charge is -1.98. The molecule has 0 radical (unpaired) electrons. The van der Waals surface area contributed by atoms with E-state index in [1.807, 2.05) is 6.07 Å². The van der Waals surface area contributed by atoms with Crippen LogP contribution in [0.5, 0.6) is 0 Å². The average molecular weight is 164 g/mol. The van der Waals surface area contributed by atoms with E-state index in [1.54, 1.807) is 0 Å². The van der Waals surface area contributed by atoms with Crippen LogP contribution in [-0.2, 0) is 6.42 Å². The number of nitrogens with one attached hydrogen (secondary N) is 1. The van der Waals surface area contributed by atoms with Crippen LogP contribution in [0.3, 0.4) is 0 Å². The normalized spacial score (nSPS) is 13.7. The molecule has 1 aliphatic rings. The zero-order valence-electron chi connectivity index (χ0n) is 6.37. The van der Waals surface area contributed by atoms with Gasteiger partial charge in [-0.05, 0) is 18.1 Å². The lowest BCUT2D eigenvalue weighted by Crippen LogP contribution is -2.02. The first-order chi connectivity index (χ1) is 5.77. The lowest BCUT2D eigenvalue weighted by molar-refractivity contribution is 0.0690. The molecule has 0 amide bonds. The summed E-state index contributed by atoms with van der Waals surface area (Å²) in [7, 11) is 0. The predicted octanol–water partition coefficient (Wildman–Crippen LogP) is 0.748. The SMILES string of the molecule is O=C(O)c1ccc2c(n1)NCC2. The van der Waals surface area contributed by atoms with Gasteiger partial charge in [-0.2, -0.15) is 0 Å². The Kier molecular flexibility index (Phi) is 1.46. The highest BCUT2D eigenvalue weighted by molar-refractivity contribution is 5.86. The second-order valence-electron chi connectivity index (χ2n) is 2.69. The third kappa shape index (κ3) is 1.01. The molecule has 12 heavy (non-hydrogen) atoms. The fourth-order valence-corrected chi connectivity index (χ4v) is 1.28. The summed E-state index contributed by atoms with van der Waals surface area (Å²) in [5.74, 6) is -0.263. The van der Waals surface area contributed by atoms with Crippen LogP contribution in [0.2, 0.25) is 0 Å². The highest BCUT2D eigenvalue weighted by Gasteiger charge is 2.13. The number of hydrogen-bond donors (Lipinski definition) is 2. The van der Waals surface area contributed by atoms with Gasteiger partial charge < -0.3 is 10.4 Å². The maximum atomic E-state index is 10.5. The van der Waals surface area contributed by atoms with E-state index in [1.165, 1.54) is 6.07 Å². The summed E-state index contributed by atoms with van der Waals surface area (Å²) in [6, 6.07) is 3.35. The molecule has 2 N–H and O–H groups in total. The molecule has 2 heterocycles. The van der Waals surface area contributed by atoms with Gasteiger partial charge in [0.15, 0.2) is 5.69 Å². The second kappa shape index (κ2) is 2.48. The van der Waals surface area contributed by atoms with E-state index in [4.69, 9.17) is 5.11 Å². The van der Waals surface area contributed by atoms with Crippen molar-refractivity contribution in [3.8, 4) is 0 Å². The summed E-state index contributed by atoms with van der Waals surface area (Å²) in [6.45, 7) is 0.853. The second-order valence-corrected chi connectivity index (χ2v) is 2.69. The zero-order valence-corrected chi connectivity index (χ0v) is 6.37. The van der Waals surface area contributed by atoms with Crippen LogP contribution in [0.15, 0.2) is 12.1 Å². The number of nitrogens with zero attached hydrogens (tertiary/aromatic N) is 1. The number of carboxylic acids is 1. The highest BCUT2D eigenvalue weighted by atomic mass is 16.4. The summed E-state index contributed by atoms with van der Waals surface area (Å²) in [4.78, 5) is 14.5. The smallest absolute Gasteiger partial charge is 0.354 e. The molecular formula is C8H8N2O2. The molecule has 1 aromatic rings. The molecule has 0 aliphatic carbocycles. The first kappa shape index (κ1) is 7.09. The maximum Gasteiger partial charge on any atom is 0.354 e. The fourth-order valence-electron chi connectivity index (χ4n) is 1.28. The minimum atomic E-state index is -0.980. The molecule has 0 spiro atoms. The number of fused-ring (bicyclic) bond motifs is 1. The summed E-state index contributed by atoms with van der Waals surface area (Å²) in [5, 5.41) is 11.6. The summed E-state index contributed by atoms with van der Waals surface area (Å²) < 4.78 is 0. The average Bonchev–Trinajstić information content (AvgIpc) is 2.49. The van der Waals surface area contributed by atoms with Crippen molar-refractivity contribution in [1.29, 1.82) is 0 Å². The molecule has 0 aromatic carbocycles. The topological polar surface area (TPSA) is 62.2 Å². The van der Waals surface area contributed by atoms with Gasteiger partial charge in [-0.15, -0.1) is 0 Å². The molecule has 1 aromatic heterocycles. The van der Waals surface area contributed by atoms with E-state index in [2.05, 4.69) is 10.3 Å². The Balaban J connectivity index is 2.45. The van der Waals surface area contributed by atoms with E-state index >= 15 is 0 Å². The number of aromatic nitrogens is 1. The number of pyridine rings is 1. The van der Waals surface area contributed by atoms with Crippen molar-refractivity contribution in [2.24, 2.45) is 0 Å². The van der Waals surface area contributed by atoms with Crippen molar-refractivity contribution in [2.45, 2.75) is 6.42 Å².